The Kier molecular flexibility index (Phi) is 74.5. The van der Waals surface area contributed by atoms with Crippen LogP contribution in [0.2, 0.25) is 0 Å². The Hall–Kier alpha value is -6.10. The molecule has 0 aromatic heterocycles. The Balaban J connectivity index is 5.53. The zero-order valence-electron chi connectivity index (χ0n) is 66.7. The summed E-state index contributed by atoms with van der Waals surface area (Å²) in [6.45, 7) is 4.31. The van der Waals surface area contributed by atoms with Crippen molar-refractivity contribution in [2.24, 2.45) is 0 Å². The molecule has 0 bridgehead atoms. The predicted molar refractivity (Wildman–Crippen MR) is 445 cm³/mol. The Bertz CT molecular complexity index is 2810. The molecule has 0 aromatic carbocycles. The molecule has 5 unspecified atom stereocenters. The number of carbonyl (C=O) groups excluding carboxylic acids is 4. The van der Waals surface area contributed by atoms with Crippen molar-refractivity contribution in [2.75, 3.05) is 39.6 Å². The quantitative estimate of drug-likeness (QED) is 0.0169. The number of aliphatic hydroxyl groups excluding tert-OH is 1. The van der Waals surface area contributed by atoms with Crippen molar-refractivity contribution in [3.63, 3.8) is 0 Å². The van der Waals surface area contributed by atoms with Crippen LogP contribution in [-0.4, -0.2) is 96.7 Å². The average molecular weight is 1550 g/mol. The molecule has 0 aliphatic heterocycles. The summed E-state index contributed by atoms with van der Waals surface area (Å²) in [5.41, 5.74) is 0. The molecule has 19 heteroatoms. The van der Waals surface area contributed by atoms with E-state index >= 15 is 0 Å². The van der Waals surface area contributed by atoms with Gasteiger partial charge in [-0.3, -0.25) is 37.3 Å². The first kappa shape index (κ1) is 102. The molecule has 0 fully saturated rings. The summed E-state index contributed by atoms with van der Waals surface area (Å²) < 4.78 is 68.5. The number of phosphoric acid groups is 2. The van der Waals surface area contributed by atoms with Crippen molar-refractivity contribution in [2.45, 2.75) is 303 Å². The van der Waals surface area contributed by atoms with Gasteiger partial charge in [-0.25, -0.2) is 9.13 Å². The molecule has 0 aromatic rings. The third-order valence-electron chi connectivity index (χ3n) is 16.0. The highest BCUT2D eigenvalue weighted by Crippen LogP contribution is 2.45. The van der Waals surface area contributed by atoms with Crippen LogP contribution in [0.1, 0.15) is 285 Å². The highest BCUT2D eigenvalue weighted by Gasteiger charge is 2.30. The molecule has 108 heavy (non-hydrogen) atoms. The molecule has 5 atom stereocenters. The SMILES string of the molecule is CC/C=C\C/C=C\C/C=C\C/C=C\C/C=C\C/C=C\CCC(=O)OCC(COP(=O)(O)OCC(O)COP(=O)(O)OCC(COC(=O)CCC/C=C\C/C=C\C/C=C\C/C=C\C/C=C\CC)OC(=O)CCCCCCC/C=C\C/C=C\CCCCC)OC(=O)CCCCCCCCC/C=C\C/C=C\C/C=C\CC. The van der Waals surface area contributed by atoms with Crippen LogP contribution >= 0.6 is 15.6 Å². The van der Waals surface area contributed by atoms with E-state index in [1.54, 1.807) is 0 Å². The number of carbonyl (C=O) groups is 4. The van der Waals surface area contributed by atoms with E-state index in [-0.39, 0.29) is 25.7 Å². The van der Waals surface area contributed by atoms with Gasteiger partial charge in [0.05, 0.1) is 26.4 Å². The second-order valence-electron chi connectivity index (χ2n) is 26.2. The Labute approximate surface area is 653 Å². The molecule has 0 saturated heterocycles. The van der Waals surface area contributed by atoms with Gasteiger partial charge in [0, 0.05) is 25.7 Å². The number of phosphoric ester groups is 2. The molecule has 0 saturated carbocycles. The lowest BCUT2D eigenvalue weighted by Gasteiger charge is -2.21. The van der Waals surface area contributed by atoms with E-state index in [0.717, 1.165) is 173 Å². The lowest BCUT2D eigenvalue weighted by molar-refractivity contribution is -0.161. The van der Waals surface area contributed by atoms with Gasteiger partial charge in [-0.15, -0.1) is 0 Å². The van der Waals surface area contributed by atoms with Crippen LogP contribution < -0.4 is 0 Å². The van der Waals surface area contributed by atoms with Gasteiger partial charge >= 0.3 is 39.5 Å². The minimum Gasteiger partial charge on any atom is -0.462 e. The minimum atomic E-state index is -5.01. The van der Waals surface area contributed by atoms with Gasteiger partial charge in [-0.1, -0.05) is 286 Å². The molecular formula is C89H142O17P2. The lowest BCUT2D eigenvalue weighted by Crippen LogP contribution is -2.30. The Morgan fingerprint density at radius 2 is 0.509 bits per heavy atom. The maximum absolute atomic E-state index is 13.1. The third-order valence-corrected chi connectivity index (χ3v) is 17.9. The van der Waals surface area contributed by atoms with Gasteiger partial charge in [0.25, 0.3) is 0 Å². The van der Waals surface area contributed by atoms with E-state index in [4.69, 9.17) is 37.0 Å². The maximum Gasteiger partial charge on any atom is 0.472 e. The summed E-state index contributed by atoms with van der Waals surface area (Å²) in [6.07, 6.45) is 97.1. The first-order valence-electron chi connectivity index (χ1n) is 40.7. The second kappa shape index (κ2) is 79.0. The molecule has 0 aliphatic rings. The van der Waals surface area contributed by atoms with Crippen molar-refractivity contribution < 1.29 is 80.2 Å². The molecule has 0 rings (SSSR count). The van der Waals surface area contributed by atoms with Crippen molar-refractivity contribution >= 4 is 39.5 Å². The molecule has 17 nitrogen and oxygen atoms in total. The van der Waals surface area contributed by atoms with Crippen LogP contribution in [0.3, 0.4) is 0 Å². The molecular weight excluding hydrogens is 1400 g/mol. The fourth-order valence-electron chi connectivity index (χ4n) is 9.97. The summed E-state index contributed by atoms with van der Waals surface area (Å²) in [5, 5.41) is 10.7. The van der Waals surface area contributed by atoms with Crippen LogP contribution in [0, 0.1) is 0 Å². The standard InChI is InChI=1S/C89H142O17P2/c1-5-9-13-17-21-25-29-33-37-40-41-44-47-50-54-58-62-66-70-74-87(92)100-80-85(106-89(94)76-72-68-64-60-56-52-48-43-39-35-31-27-23-19-15-11-7-3)82-104-108(97,98)102-78-83(90)77-101-107(95,96)103-81-84(105-88(93)75-71-67-63-59-55-51-45-36-32-28-24-20-16-12-8-4)79-99-86(91)73-69-65-61-57-53-49-46-42-38-34-30-26-22-18-14-10-6-2/h9-11,13-15,21-28,33-39,41,44-46,49-50,54,57,61-62,66,83-85,90H,5-8,12,16-20,29-32,40,42-43,47-48,51-53,55-56,58-60,63-65,67-82H2,1-4H3,(H,95,96)(H,97,98)/b13-9-,14-10-,15-11-,25-21-,26-22-,27-23-,28-24-,37-33-,38-34-,39-35-,44-41-,45-36-,49-46-,54-50-,61-57-,66-62-. The number of aliphatic hydroxyl groups is 1. The van der Waals surface area contributed by atoms with Crippen molar-refractivity contribution in [3.05, 3.63) is 194 Å². The van der Waals surface area contributed by atoms with Crippen LogP contribution in [0.25, 0.3) is 0 Å². The van der Waals surface area contributed by atoms with Crippen LogP contribution in [0.4, 0.5) is 0 Å². The van der Waals surface area contributed by atoms with Gasteiger partial charge < -0.3 is 33.8 Å². The van der Waals surface area contributed by atoms with E-state index in [0.29, 0.717) is 38.5 Å². The van der Waals surface area contributed by atoms with Crippen molar-refractivity contribution in [1.82, 2.24) is 0 Å². The van der Waals surface area contributed by atoms with Gasteiger partial charge in [-0.05, 0) is 167 Å². The summed E-state index contributed by atoms with van der Waals surface area (Å²) in [5.74, 6) is -2.38. The van der Waals surface area contributed by atoms with Gasteiger partial charge in [0.15, 0.2) is 12.2 Å². The first-order chi connectivity index (χ1) is 52.7. The number of unbranched alkanes of at least 4 members (excludes halogenated alkanes) is 16. The predicted octanol–water partition coefficient (Wildman–Crippen LogP) is 24.1. The highest BCUT2D eigenvalue weighted by molar-refractivity contribution is 7.47. The molecule has 0 heterocycles. The van der Waals surface area contributed by atoms with E-state index in [1.807, 2.05) is 30.4 Å². The normalized spacial score (nSPS) is 14.8. The third kappa shape index (κ3) is 78.0. The van der Waals surface area contributed by atoms with E-state index in [9.17, 15) is 43.2 Å². The van der Waals surface area contributed by atoms with Crippen LogP contribution in [-0.2, 0) is 65.4 Å². The molecule has 0 spiro atoms. The number of hydrogen-bond donors (Lipinski definition) is 3. The molecule has 3 N–H and O–H groups in total. The summed E-state index contributed by atoms with van der Waals surface area (Å²) in [7, 11) is -10.0. The van der Waals surface area contributed by atoms with Crippen molar-refractivity contribution in [3.8, 4) is 0 Å². The first-order valence-corrected chi connectivity index (χ1v) is 43.7. The zero-order valence-corrected chi connectivity index (χ0v) is 68.5. The van der Waals surface area contributed by atoms with Gasteiger partial charge in [0.2, 0.25) is 0 Å². The summed E-state index contributed by atoms with van der Waals surface area (Å²) in [4.78, 5) is 73.1. The van der Waals surface area contributed by atoms with Crippen molar-refractivity contribution in [1.29, 1.82) is 0 Å². The number of esters is 4. The largest absolute Gasteiger partial charge is 0.472 e. The Morgan fingerprint density at radius 3 is 0.824 bits per heavy atom. The van der Waals surface area contributed by atoms with E-state index in [2.05, 4.69) is 192 Å². The summed E-state index contributed by atoms with van der Waals surface area (Å²) in [6, 6.07) is 0. The number of rotatable bonds is 74. The summed E-state index contributed by atoms with van der Waals surface area (Å²) >= 11 is 0. The fraction of sp³-hybridized carbons (Fsp3) is 0.596. The average Bonchev–Trinajstić information content (AvgIpc) is 0.906. The maximum atomic E-state index is 13.1. The molecule has 0 aliphatic carbocycles. The lowest BCUT2D eigenvalue weighted by atomic mass is 10.1. The van der Waals surface area contributed by atoms with E-state index < -0.39 is 97.5 Å². The topological polar surface area (TPSA) is 237 Å². The zero-order chi connectivity index (χ0) is 78.9. The fourth-order valence-corrected chi connectivity index (χ4v) is 11.6. The highest BCUT2D eigenvalue weighted by atomic mass is 31.2. The number of hydrogen-bond acceptors (Lipinski definition) is 15. The smallest absolute Gasteiger partial charge is 0.462 e. The molecule has 0 radical (unpaired) electrons. The van der Waals surface area contributed by atoms with Crippen LogP contribution in [0.15, 0.2) is 194 Å². The monoisotopic (exact) mass is 1540 g/mol. The van der Waals surface area contributed by atoms with Crippen LogP contribution in [0.5, 0.6) is 0 Å². The van der Waals surface area contributed by atoms with Gasteiger partial charge in [0.1, 0.15) is 19.3 Å². The number of allylic oxidation sites excluding steroid dienone is 32. The molecule has 610 valence electrons. The van der Waals surface area contributed by atoms with Gasteiger partial charge in [-0.2, -0.15) is 0 Å². The Morgan fingerprint density at radius 1 is 0.269 bits per heavy atom. The number of ether oxygens (including phenoxy) is 4. The second-order valence-corrected chi connectivity index (χ2v) is 29.1. The van der Waals surface area contributed by atoms with E-state index in [1.165, 1.54) is 19.3 Å². The minimum absolute atomic E-state index is 0.0252. The molecule has 0 amide bonds.